The average Bonchev–Trinajstić information content (AvgIpc) is 2.75. The molecule has 1 N–H and O–H groups in total. The molecule has 3 nitrogen and oxygen atoms in total. The molecule has 0 aromatic rings. The fourth-order valence-corrected chi connectivity index (χ4v) is 2.17. The van der Waals surface area contributed by atoms with Crippen LogP contribution in [0, 0.1) is 0 Å². The van der Waals surface area contributed by atoms with Crippen molar-refractivity contribution in [2.24, 2.45) is 0 Å². The highest BCUT2D eigenvalue weighted by atomic mass is 35.5. The summed E-state index contributed by atoms with van der Waals surface area (Å²) in [4.78, 5) is 2.54. The molecule has 1 heterocycles. The smallest absolute Gasteiger partial charge is 0.0627 e. The number of methoxy groups -OCH3 is 1. The summed E-state index contributed by atoms with van der Waals surface area (Å²) >= 11 is 5.80. The Morgan fingerprint density at radius 1 is 1.40 bits per heavy atom. The highest BCUT2D eigenvalue weighted by molar-refractivity contribution is 6.18. The third-order valence-corrected chi connectivity index (χ3v) is 3.21. The number of ether oxygens (including phenoxy) is 1. The first-order chi connectivity index (χ1) is 7.36. The molecule has 0 spiro atoms. The molecule has 1 aliphatic rings. The van der Waals surface area contributed by atoms with Crippen LogP contribution in [0.25, 0.3) is 0 Å². The SMILES string of the molecule is COCC(CCl)NCCCN1CCCC1. The van der Waals surface area contributed by atoms with Gasteiger partial charge in [0.05, 0.1) is 6.61 Å². The van der Waals surface area contributed by atoms with Gasteiger partial charge < -0.3 is 15.0 Å². The zero-order valence-corrected chi connectivity index (χ0v) is 10.4. The maximum absolute atomic E-state index is 5.80. The van der Waals surface area contributed by atoms with Crippen LogP contribution in [0.2, 0.25) is 0 Å². The van der Waals surface area contributed by atoms with Crippen LogP contribution in [0.15, 0.2) is 0 Å². The first-order valence-corrected chi connectivity index (χ1v) is 6.41. The second-order valence-electron chi connectivity index (χ2n) is 4.16. The van der Waals surface area contributed by atoms with Crippen LogP contribution in [-0.4, -0.2) is 56.7 Å². The van der Waals surface area contributed by atoms with Crippen LogP contribution < -0.4 is 5.32 Å². The quantitative estimate of drug-likeness (QED) is 0.507. The molecule has 1 fully saturated rings. The number of nitrogens with zero attached hydrogens (tertiary/aromatic N) is 1. The second-order valence-corrected chi connectivity index (χ2v) is 4.47. The Bertz CT molecular complexity index is 152. The van der Waals surface area contributed by atoms with Gasteiger partial charge in [0, 0.05) is 19.0 Å². The summed E-state index contributed by atoms with van der Waals surface area (Å²) in [5.41, 5.74) is 0. The van der Waals surface area contributed by atoms with Gasteiger partial charge in [0.1, 0.15) is 0 Å². The molecule has 0 aromatic heterocycles. The molecule has 1 atom stereocenters. The van der Waals surface area contributed by atoms with Gasteiger partial charge in [0.2, 0.25) is 0 Å². The third kappa shape index (κ3) is 5.71. The third-order valence-electron chi connectivity index (χ3n) is 2.84. The minimum atomic E-state index is 0.301. The highest BCUT2D eigenvalue weighted by Gasteiger charge is 2.10. The molecule has 0 radical (unpaired) electrons. The van der Waals surface area contributed by atoms with Crippen LogP contribution in [-0.2, 0) is 4.74 Å². The lowest BCUT2D eigenvalue weighted by Gasteiger charge is -2.17. The van der Waals surface area contributed by atoms with Crippen molar-refractivity contribution in [3.8, 4) is 0 Å². The molecular weight excluding hydrogens is 212 g/mol. The van der Waals surface area contributed by atoms with Gasteiger partial charge in [-0.15, -0.1) is 11.6 Å². The van der Waals surface area contributed by atoms with E-state index >= 15 is 0 Å². The number of halogens is 1. The Morgan fingerprint density at radius 3 is 2.73 bits per heavy atom. The number of likely N-dealkylation sites (tertiary alicyclic amines) is 1. The zero-order chi connectivity index (χ0) is 10.9. The van der Waals surface area contributed by atoms with Crippen molar-refractivity contribution < 1.29 is 4.74 Å². The van der Waals surface area contributed by atoms with E-state index in [9.17, 15) is 0 Å². The van der Waals surface area contributed by atoms with Gasteiger partial charge in [-0.25, -0.2) is 0 Å². The van der Waals surface area contributed by atoms with Crippen molar-refractivity contribution in [2.45, 2.75) is 25.3 Å². The van der Waals surface area contributed by atoms with Crippen molar-refractivity contribution in [3.05, 3.63) is 0 Å². The van der Waals surface area contributed by atoms with Crippen molar-refractivity contribution >= 4 is 11.6 Å². The lowest BCUT2D eigenvalue weighted by Crippen LogP contribution is -2.36. The van der Waals surface area contributed by atoms with Crippen molar-refractivity contribution in [2.75, 3.05) is 45.8 Å². The van der Waals surface area contributed by atoms with Gasteiger partial charge in [-0.2, -0.15) is 0 Å². The summed E-state index contributed by atoms with van der Waals surface area (Å²) in [6, 6.07) is 0.301. The Morgan fingerprint density at radius 2 is 2.13 bits per heavy atom. The minimum Gasteiger partial charge on any atom is -0.383 e. The number of nitrogens with one attached hydrogen (secondary N) is 1. The van der Waals surface area contributed by atoms with E-state index in [2.05, 4.69) is 10.2 Å². The monoisotopic (exact) mass is 234 g/mol. The van der Waals surface area contributed by atoms with Gasteiger partial charge in [-0.05, 0) is 45.4 Å². The molecule has 1 aliphatic heterocycles. The second kappa shape index (κ2) is 8.34. The maximum Gasteiger partial charge on any atom is 0.0627 e. The molecule has 0 saturated carbocycles. The summed E-state index contributed by atoms with van der Waals surface area (Å²) in [6.45, 7) is 5.54. The van der Waals surface area contributed by atoms with Crippen molar-refractivity contribution in [1.82, 2.24) is 10.2 Å². The molecule has 0 aromatic carbocycles. The number of hydrogen-bond donors (Lipinski definition) is 1. The predicted molar refractivity (Wildman–Crippen MR) is 64.7 cm³/mol. The van der Waals surface area contributed by atoms with E-state index < -0.39 is 0 Å². The fraction of sp³-hybridized carbons (Fsp3) is 1.00. The topological polar surface area (TPSA) is 24.5 Å². The normalized spacial score (nSPS) is 19.6. The van der Waals surface area contributed by atoms with Crippen molar-refractivity contribution in [3.63, 3.8) is 0 Å². The molecule has 90 valence electrons. The van der Waals surface area contributed by atoms with E-state index in [1.165, 1.54) is 38.9 Å². The fourth-order valence-electron chi connectivity index (χ4n) is 1.97. The van der Waals surface area contributed by atoms with Gasteiger partial charge in [-0.3, -0.25) is 0 Å². The Balaban J connectivity index is 1.94. The standard InChI is InChI=1S/C11H23ClN2O/c1-15-10-11(9-12)13-5-4-8-14-6-2-3-7-14/h11,13H,2-10H2,1H3. The molecule has 0 amide bonds. The number of rotatable bonds is 8. The first-order valence-electron chi connectivity index (χ1n) is 5.87. The van der Waals surface area contributed by atoms with E-state index in [1.807, 2.05) is 0 Å². The molecule has 1 saturated heterocycles. The summed E-state index contributed by atoms with van der Waals surface area (Å²) in [6.07, 6.45) is 3.96. The minimum absolute atomic E-state index is 0.301. The van der Waals surface area contributed by atoms with Gasteiger partial charge >= 0.3 is 0 Å². The predicted octanol–water partition coefficient (Wildman–Crippen LogP) is 1.32. The van der Waals surface area contributed by atoms with E-state index in [1.54, 1.807) is 7.11 Å². The first kappa shape index (κ1) is 13.2. The highest BCUT2D eigenvalue weighted by Crippen LogP contribution is 2.06. The van der Waals surface area contributed by atoms with Crippen LogP contribution in [0.1, 0.15) is 19.3 Å². The molecule has 0 bridgehead atoms. The lowest BCUT2D eigenvalue weighted by atomic mass is 10.3. The van der Waals surface area contributed by atoms with E-state index in [0.717, 1.165) is 6.54 Å². The van der Waals surface area contributed by atoms with Crippen LogP contribution in [0.5, 0.6) is 0 Å². The number of hydrogen-bond acceptors (Lipinski definition) is 3. The Hall–Kier alpha value is 0.170. The lowest BCUT2D eigenvalue weighted by molar-refractivity contribution is 0.172. The molecule has 15 heavy (non-hydrogen) atoms. The molecule has 0 aliphatic carbocycles. The Kier molecular flexibility index (Phi) is 7.36. The summed E-state index contributed by atoms with van der Waals surface area (Å²) in [5.74, 6) is 0.623. The molecular formula is C11H23ClN2O. The van der Waals surface area contributed by atoms with E-state index in [-0.39, 0.29) is 0 Å². The summed E-state index contributed by atoms with van der Waals surface area (Å²) in [7, 11) is 1.71. The van der Waals surface area contributed by atoms with Gasteiger partial charge in [0.25, 0.3) is 0 Å². The molecule has 1 unspecified atom stereocenters. The zero-order valence-electron chi connectivity index (χ0n) is 9.67. The van der Waals surface area contributed by atoms with Crippen LogP contribution in [0.4, 0.5) is 0 Å². The largest absolute Gasteiger partial charge is 0.383 e. The van der Waals surface area contributed by atoms with Crippen LogP contribution >= 0.6 is 11.6 Å². The van der Waals surface area contributed by atoms with E-state index in [4.69, 9.17) is 16.3 Å². The van der Waals surface area contributed by atoms with Crippen LogP contribution in [0.3, 0.4) is 0 Å². The van der Waals surface area contributed by atoms with Gasteiger partial charge in [0.15, 0.2) is 0 Å². The van der Waals surface area contributed by atoms with E-state index in [0.29, 0.717) is 18.5 Å². The maximum atomic E-state index is 5.80. The Labute approximate surface area is 98.1 Å². The average molecular weight is 235 g/mol. The molecule has 4 heteroatoms. The molecule has 1 rings (SSSR count). The number of alkyl halides is 1. The van der Waals surface area contributed by atoms with Crippen molar-refractivity contribution in [1.29, 1.82) is 0 Å². The summed E-state index contributed by atoms with van der Waals surface area (Å²) < 4.78 is 5.07. The summed E-state index contributed by atoms with van der Waals surface area (Å²) in [5, 5.41) is 3.41. The van der Waals surface area contributed by atoms with Gasteiger partial charge in [-0.1, -0.05) is 0 Å².